The van der Waals surface area contributed by atoms with Crippen molar-refractivity contribution in [1.82, 2.24) is 10.2 Å². The third kappa shape index (κ3) is 6.19. The van der Waals surface area contributed by atoms with Gasteiger partial charge < -0.3 is 15.0 Å². The molecule has 2 aromatic carbocycles. The number of benzene rings is 2. The lowest BCUT2D eigenvalue weighted by Gasteiger charge is -2.28. The summed E-state index contributed by atoms with van der Waals surface area (Å²) in [5.74, 6) is 0.670. The van der Waals surface area contributed by atoms with Gasteiger partial charge in [-0.2, -0.15) is 0 Å². The number of hydrogen-bond donors (Lipinski definition) is 1. The highest BCUT2D eigenvalue weighted by Crippen LogP contribution is 2.22. The molecule has 2 rings (SSSR count). The highest BCUT2D eigenvalue weighted by Gasteiger charge is 2.25. The summed E-state index contributed by atoms with van der Waals surface area (Å²) >= 11 is 7.31. The molecule has 0 bridgehead atoms. The van der Waals surface area contributed by atoms with Crippen molar-refractivity contribution in [2.24, 2.45) is 0 Å². The minimum absolute atomic E-state index is 0.109. The molecule has 2 amide bonds. The Morgan fingerprint density at radius 2 is 1.78 bits per heavy atom. The fourth-order valence-electron chi connectivity index (χ4n) is 2.48. The number of carbonyl (C=O) groups is 2. The van der Waals surface area contributed by atoms with Crippen molar-refractivity contribution < 1.29 is 14.3 Å². The van der Waals surface area contributed by atoms with Gasteiger partial charge in [-0.15, -0.1) is 11.8 Å². The molecular formula is C20H23ClN2O3S. The molecule has 7 heteroatoms. The summed E-state index contributed by atoms with van der Waals surface area (Å²) in [4.78, 5) is 27.5. The summed E-state index contributed by atoms with van der Waals surface area (Å²) in [6.07, 6.45) is 0. The number of nitrogens with one attached hydrogen (secondary N) is 1. The van der Waals surface area contributed by atoms with Crippen molar-refractivity contribution in [1.29, 1.82) is 0 Å². The van der Waals surface area contributed by atoms with Gasteiger partial charge in [0.2, 0.25) is 11.8 Å². The summed E-state index contributed by atoms with van der Waals surface area (Å²) in [7, 11) is 3.17. The number of hydrogen-bond acceptors (Lipinski definition) is 4. The van der Waals surface area contributed by atoms with Gasteiger partial charge in [0, 0.05) is 23.5 Å². The van der Waals surface area contributed by atoms with E-state index >= 15 is 0 Å². The monoisotopic (exact) mass is 406 g/mol. The molecule has 0 spiro atoms. The van der Waals surface area contributed by atoms with Crippen molar-refractivity contribution in [3.05, 3.63) is 59.1 Å². The van der Waals surface area contributed by atoms with E-state index in [4.69, 9.17) is 16.3 Å². The smallest absolute Gasteiger partial charge is 0.242 e. The summed E-state index contributed by atoms with van der Waals surface area (Å²) in [5.41, 5.74) is 0.927. The van der Waals surface area contributed by atoms with E-state index in [1.807, 2.05) is 36.4 Å². The molecule has 144 valence electrons. The second kappa shape index (κ2) is 10.2. The zero-order valence-electron chi connectivity index (χ0n) is 15.6. The predicted molar refractivity (Wildman–Crippen MR) is 109 cm³/mol. The minimum atomic E-state index is -0.574. The van der Waals surface area contributed by atoms with Crippen LogP contribution in [0.25, 0.3) is 0 Å². The van der Waals surface area contributed by atoms with Crippen LogP contribution in [-0.2, 0) is 16.1 Å². The number of amides is 2. The van der Waals surface area contributed by atoms with E-state index in [1.165, 1.54) is 11.8 Å². The van der Waals surface area contributed by atoms with Crippen molar-refractivity contribution in [3.8, 4) is 5.75 Å². The van der Waals surface area contributed by atoms with Gasteiger partial charge in [0.05, 0.1) is 12.9 Å². The Balaban J connectivity index is 2.10. The Morgan fingerprint density at radius 3 is 2.33 bits per heavy atom. The van der Waals surface area contributed by atoms with Gasteiger partial charge in [-0.25, -0.2) is 0 Å². The first-order valence-corrected chi connectivity index (χ1v) is 9.83. The van der Waals surface area contributed by atoms with Crippen molar-refractivity contribution in [3.63, 3.8) is 0 Å². The van der Waals surface area contributed by atoms with E-state index in [-0.39, 0.29) is 17.6 Å². The molecule has 0 saturated heterocycles. The summed E-state index contributed by atoms with van der Waals surface area (Å²) in [6.45, 7) is 2.08. The molecule has 0 heterocycles. The van der Waals surface area contributed by atoms with Gasteiger partial charge in [0.15, 0.2) is 0 Å². The van der Waals surface area contributed by atoms with E-state index < -0.39 is 6.04 Å². The highest BCUT2D eigenvalue weighted by molar-refractivity contribution is 8.00. The quantitative estimate of drug-likeness (QED) is 0.680. The maximum atomic E-state index is 12.8. The third-order valence-corrected chi connectivity index (χ3v) is 5.35. The molecule has 0 radical (unpaired) electrons. The Labute approximate surface area is 169 Å². The Bertz CT molecular complexity index is 766. The van der Waals surface area contributed by atoms with Gasteiger partial charge in [-0.3, -0.25) is 9.59 Å². The van der Waals surface area contributed by atoms with Crippen molar-refractivity contribution in [2.45, 2.75) is 24.4 Å². The molecule has 27 heavy (non-hydrogen) atoms. The Morgan fingerprint density at radius 1 is 1.15 bits per heavy atom. The van der Waals surface area contributed by atoms with E-state index in [0.29, 0.717) is 11.6 Å². The topological polar surface area (TPSA) is 58.6 Å². The van der Waals surface area contributed by atoms with Crippen LogP contribution in [0.5, 0.6) is 5.75 Å². The lowest BCUT2D eigenvalue weighted by atomic mass is 10.1. The molecule has 0 aliphatic carbocycles. The second-order valence-electron chi connectivity index (χ2n) is 5.90. The van der Waals surface area contributed by atoms with Crippen LogP contribution in [0, 0.1) is 0 Å². The van der Waals surface area contributed by atoms with Crippen LogP contribution in [-0.4, -0.2) is 42.7 Å². The molecule has 5 nitrogen and oxygen atoms in total. The fraction of sp³-hybridized carbons (Fsp3) is 0.300. The number of methoxy groups -OCH3 is 1. The van der Waals surface area contributed by atoms with E-state index in [1.54, 1.807) is 38.1 Å². The van der Waals surface area contributed by atoms with Crippen LogP contribution in [0.2, 0.25) is 5.02 Å². The SMILES string of the molecule is CNC(=O)[C@@H](C)N(Cc1ccc(OC)cc1)C(=O)CSc1ccc(Cl)cc1. The average Bonchev–Trinajstić information content (AvgIpc) is 2.70. The lowest BCUT2D eigenvalue weighted by molar-refractivity contribution is -0.138. The number of rotatable bonds is 8. The van der Waals surface area contributed by atoms with E-state index in [9.17, 15) is 9.59 Å². The molecule has 0 aliphatic rings. The number of thioether (sulfide) groups is 1. The van der Waals surface area contributed by atoms with Crippen LogP contribution in [0.1, 0.15) is 12.5 Å². The normalized spacial score (nSPS) is 11.6. The molecule has 0 fully saturated rings. The largest absolute Gasteiger partial charge is 0.497 e. The first-order valence-electron chi connectivity index (χ1n) is 8.47. The molecule has 2 aromatic rings. The molecule has 1 N–H and O–H groups in total. The standard InChI is InChI=1S/C20H23ClN2O3S/c1-14(20(25)22-2)23(12-15-4-8-17(26-3)9-5-15)19(24)13-27-18-10-6-16(21)7-11-18/h4-11,14H,12-13H2,1-3H3,(H,22,25)/t14-/m1/s1. The minimum Gasteiger partial charge on any atom is -0.497 e. The lowest BCUT2D eigenvalue weighted by Crippen LogP contribution is -2.47. The fourth-order valence-corrected chi connectivity index (χ4v) is 3.39. The van der Waals surface area contributed by atoms with E-state index in [2.05, 4.69) is 5.32 Å². The van der Waals surface area contributed by atoms with Crippen LogP contribution in [0.4, 0.5) is 0 Å². The van der Waals surface area contributed by atoms with Crippen LogP contribution in [0.3, 0.4) is 0 Å². The summed E-state index contributed by atoms with van der Waals surface area (Å²) < 4.78 is 5.16. The maximum absolute atomic E-state index is 12.8. The molecule has 0 aliphatic heterocycles. The van der Waals surface area contributed by atoms with E-state index in [0.717, 1.165) is 16.2 Å². The van der Waals surface area contributed by atoms with Gasteiger partial charge in [0.25, 0.3) is 0 Å². The van der Waals surface area contributed by atoms with Crippen molar-refractivity contribution in [2.75, 3.05) is 19.9 Å². The first kappa shape index (κ1) is 21.1. The zero-order valence-corrected chi connectivity index (χ0v) is 17.1. The Kier molecular flexibility index (Phi) is 8.00. The molecule has 0 aromatic heterocycles. The number of halogens is 1. The predicted octanol–water partition coefficient (Wildman–Crippen LogP) is 3.60. The third-order valence-electron chi connectivity index (χ3n) is 4.10. The summed E-state index contributed by atoms with van der Waals surface area (Å²) in [5, 5.41) is 3.26. The van der Waals surface area contributed by atoms with Crippen LogP contribution < -0.4 is 10.1 Å². The maximum Gasteiger partial charge on any atom is 0.242 e. The molecule has 1 atom stereocenters. The highest BCUT2D eigenvalue weighted by atomic mass is 35.5. The average molecular weight is 407 g/mol. The van der Waals surface area contributed by atoms with Gasteiger partial charge >= 0.3 is 0 Å². The number of nitrogens with zero attached hydrogens (tertiary/aromatic N) is 1. The molecular weight excluding hydrogens is 384 g/mol. The van der Waals surface area contributed by atoms with Gasteiger partial charge in [0.1, 0.15) is 11.8 Å². The summed E-state index contributed by atoms with van der Waals surface area (Å²) in [6, 6.07) is 14.2. The van der Waals surface area contributed by atoms with Gasteiger partial charge in [-0.05, 0) is 48.9 Å². The number of likely N-dealkylation sites (N-methyl/N-ethyl adjacent to an activating group) is 1. The number of carbonyl (C=O) groups excluding carboxylic acids is 2. The Hall–Kier alpha value is -2.18. The van der Waals surface area contributed by atoms with Crippen LogP contribution >= 0.6 is 23.4 Å². The molecule has 0 unspecified atom stereocenters. The van der Waals surface area contributed by atoms with Gasteiger partial charge in [-0.1, -0.05) is 23.7 Å². The second-order valence-corrected chi connectivity index (χ2v) is 7.39. The first-order chi connectivity index (χ1) is 12.9. The zero-order chi connectivity index (χ0) is 19.8. The number of ether oxygens (including phenoxy) is 1. The molecule has 0 saturated carbocycles. The van der Waals surface area contributed by atoms with Crippen LogP contribution in [0.15, 0.2) is 53.4 Å². The van der Waals surface area contributed by atoms with Crippen molar-refractivity contribution >= 4 is 35.2 Å².